The summed E-state index contributed by atoms with van der Waals surface area (Å²) in [5, 5.41) is 2.84. The number of hydrogen-bond acceptors (Lipinski definition) is 5. The minimum Gasteiger partial charge on any atom is -0.383 e. The van der Waals surface area contributed by atoms with Crippen molar-refractivity contribution >= 4 is 17.4 Å². The van der Waals surface area contributed by atoms with Crippen LogP contribution >= 0.6 is 0 Å². The highest BCUT2D eigenvalue weighted by atomic mass is 16.5. The lowest BCUT2D eigenvalue weighted by Gasteiger charge is -2.35. The Bertz CT molecular complexity index is 522. The van der Waals surface area contributed by atoms with Crippen molar-refractivity contribution in [2.24, 2.45) is 0 Å². The van der Waals surface area contributed by atoms with Gasteiger partial charge >= 0.3 is 0 Å². The number of ketones is 1. The quantitative estimate of drug-likeness (QED) is 0.594. The van der Waals surface area contributed by atoms with Gasteiger partial charge in [0.15, 0.2) is 5.78 Å². The first-order valence-electron chi connectivity index (χ1n) is 7.94. The Labute approximate surface area is 137 Å². The zero-order valence-corrected chi connectivity index (χ0v) is 13.9. The molecule has 0 aliphatic carbocycles. The number of amides is 1. The minimum atomic E-state index is 0.0429. The Hall–Kier alpha value is -1.92. The normalized spacial score (nSPS) is 15.5. The van der Waals surface area contributed by atoms with Crippen molar-refractivity contribution < 1.29 is 14.3 Å². The maximum absolute atomic E-state index is 11.8. The molecule has 126 valence electrons. The number of Topliss-reactive ketones (excluding diaryl/α,β-unsaturated/α-hetero) is 1. The molecule has 0 bridgehead atoms. The van der Waals surface area contributed by atoms with Crippen molar-refractivity contribution in [1.29, 1.82) is 0 Å². The zero-order chi connectivity index (χ0) is 16.7. The van der Waals surface area contributed by atoms with Gasteiger partial charge in [0.25, 0.3) is 0 Å². The summed E-state index contributed by atoms with van der Waals surface area (Å²) in [4.78, 5) is 27.5. The Morgan fingerprint density at radius 3 is 2.35 bits per heavy atom. The first-order chi connectivity index (χ1) is 11.1. The first kappa shape index (κ1) is 17.4. The van der Waals surface area contributed by atoms with Gasteiger partial charge in [-0.3, -0.25) is 14.5 Å². The molecule has 1 aromatic carbocycles. The molecule has 6 heteroatoms. The number of nitrogens with one attached hydrogen (secondary N) is 1. The summed E-state index contributed by atoms with van der Waals surface area (Å²) >= 11 is 0. The minimum absolute atomic E-state index is 0.0429. The van der Waals surface area contributed by atoms with Gasteiger partial charge in [0.1, 0.15) is 0 Å². The average Bonchev–Trinajstić information content (AvgIpc) is 2.56. The molecule has 1 aliphatic rings. The van der Waals surface area contributed by atoms with E-state index in [1.807, 2.05) is 24.3 Å². The van der Waals surface area contributed by atoms with E-state index in [9.17, 15) is 9.59 Å². The molecule has 2 rings (SSSR count). The van der Waals surface area contributed by atoms with Crippen LogP contribution in [0.2, 0.25) is 0 Å². The fourth-order valence-electron chi connectivity index (χ4n) is 2.62. The molecule has 1 amide bonds. The fourth-order valence-corrected chi connectivity index (χ4v) is 2.62. The molecule has 1 aliphatic heterocycles. The van der Waals surface area contributed by atoms with Crippen LogP contribution in [0.15, 0.2) is 24.3 Å². The summed E-state index contributed by atoms with van der Waals surface area (Å²) in [5.41, 5.74) is 1.86. The summed E-state index contributed by atoms with van der Waals surface area (Å²) in [6, 6.07) is 7.72. The van der Waals surface area contributed by atoms with Gasteiger partial charge in [0.2, 0.25) is 5.91 Å². The molecule has 1 aromatic rings. The van der Waals surface area contributed by atoms with Crippen LogP contribution in [0.25, 0.3) is 0 Å². The van der Waals surface area contributed by atoms with E-state index in [0.29, 0.717) is 19.7 Å². The summed E-state index contributed by atoms with van der Waals surface area (Å²) in [7, 11) is 1.62. The Balaban J connectivity index is 1.77. The second-order valence-electron chi connectivity index (χ2n) is 5.71. The van der Waals surface area contributed by atoms with Crippen LogP contribution in [0.3, 0.4) is 0 Å². The molecule has 1 saturated heterocycles. The van der Waals surface area contributed by atoms with Crippen molar-refractivity contribution in [3.63, 3.8) is 0 Å². The van der Waals surface area contributed by atoms with Crippen LogP contribution in [0.5, 0.6) is 0 Å². The van der Waals surface area contributed by atoms with Gasteiger partial charge in [-0.05, 0) is 31.2 Å². The van der Waals surface area contributed by atoms with E-state index in [1.165, 1.54) is 0 Å². The predicted molar refractivity (Wildman–Crippen MR) is 90.0 cm³/mol. The van der Waals surface area contributed by atoms with Crippen molar-refractivity contribution in [3.05, 3.63) is 29.8 Å². The number of piperazine rings is 1. The molecule has 23 heavy (non-hydrogen) atoms. The van der Waals surface area contributed by atoms with Gasteiger partial charge in [0, 0.05) is 51.1 Å². The van der Waals surface area contributed by atoms with Crippen molar-refractivity contribution in [2.45, 2.75) is 6.92 Å². The molecule has 0 unspecified atom stereocenters. The number of carbonyl (C=O) groups is 2. The lowest BCUT2D eigenvalue weighted by molar-refractivity contribution is -0.122. The molecule has 1 heterocycles. The topological polar surface area (TPSA) is 61.9 Å². The highest BCUT2D eigenvalue weighted by Crippen LogP contribution is 2.17. The van der Waals surface area contributed by atoms with Crippen LogP contribution in [0, 0.1) is 0 Å². The van der Waals surface area contributed by atoms with E-state index in [-0.39, 0.29) is 11.7 Å². The Morgan fingerprint density at radius 1 is 1.13 bits per heavy atom. The largest absolute Gasteiger partial charge is 0.383 e. The van der Waals surface area contributed by atoms with E-state index in [2.05, 4.69) is 15.1 Å². The van der Waals surface area contributed by atoms with Gasteiger partial charge in [-0.25, -0.2) is 0 Å². The van der Waals surface area contributed by atoms with E-state index in [0.717, 1.165) is 37.4 Å². The third kappa shape index (κ3) is 5.33. The highest BCUT2D eigenvalue weighted by molar-refractivity contribution is 5.94. The number of hydrogen-bond donors (Lipinski definition) is 1. The summed E-state index contributed by atoms with van der Waals surface area (Å²) in [6.07, 6.45) is 0. The van der Waals surface area contributed by atoms with Crippen LogP contribution in [0.1, 0.15) is 17.3 Å². The molecule has 0 radical (unpaired) electrons. The van der Waals surface area contributed by atoms with Crippen LogP contribution in [-0.2, 0) is 9.53 Å². The van der Waals surface area contributed by atoms with Crippen LogP contribution in [-0.4, -0.2) is 69.6 Å². The molecular formula is C17H25N3O3. The number of ether oxygens (including phenoxy) is 1. The molecule has 1 fully saturated rings. The van der Waals surface area contributed by atoms with Crippen molar-refractivity contribution in [1.82, 2.24) is 10.2 Å². The fraction of sp³-hybridized carbons (Fsp3) is 0.529. The predicted octanol–water partition coefficient (Wildman–Crippen LogP) is 0.774. The van der Waals surface area contributed by atoms with Crippen molar-refractivity contribution in [3.8, 4) is 0 Å². The zero-order valence-electron chi connectivity index (χ0n) is 13.9. The Morgan fingerprint density at radius 2 is 1.78 bits per heavy atom. The number of nitrogens with zero attached hydrogens (tertiary/aromatic N) is 2. The smallest absolute Gasteiger partial charge is 0.234 e. The maximum atomic E-state index is 11.8. The molecule has 0 saturated carbocycles. The van der Waals surface area contributed by atoms with Crippen LogP contribution in [0.4, 0.5) is 5.69 Å². The number of rotatable bonds is 7. The average molecular weight is 319 g/mol. The van der Waals surface area contributed by atoms with Crippen molar-refractivity contribution in [2.75, 3.05) is 57.9 Å². The third-order valence-electron chi connectivity index (χ3n) is 4.01. The molecular weight excluding hydrogens is 294 g/mol. The SMILES string of the molecule is COCCNC(=O)CN1CCN(c2ccc(C(C)=O)cc2)CC1. The molecule has 6 nitrogen and oxygen atoms in total. The summed E-state index contributed by atoms with van der Waals surface area (Å²) in [6.45, 7) is 6.56. The number of methoxy groups -OCH3 is 1. The van der Waals surface area contributed by atoms with Crippen LogP contribution < -0.4 is 10.2 Å². The number of anilines is 1. The highest BCUT2D eigenvalue weighted by Gasteiger charge is 2.19. The lowest BCUT2D eigenvalue weighted by atomic mass is 10.1. The second kappa shape index (κ2) is 8.64. The van der Waals surface area contributed by atoms with Gasteiger partial charge in [-0.1, -0.05) is 0 Å². The summed E-state index contributed by atoms with van der Waals surface area (Å²) < 4.78 is 4.91. The third-order valence-corrected chi connectivity index (χ3v) is 4.01. The standard InChI is InChI=1S/C17H25N3O3/c1-14(21)15-3-5-16(6-4-15)20-10-8-19(9-11-20)13-17(22)18-7-12-23-2/h3-6H,7-13H2,1-2H3,(H,18,22). The van der Waals surface area contributed by atoms with Gasteiger partial charge in [-0.2, -0.15) is 0 Å². The van der Waals surface area contributed by atoms with E-state index < -0.39 is 0 Å². The molecule has 1 N–H and O–H groups in total. The lowest BCUT2D eigenvalue weighted by Crippen LogP contribution is -2.49. The second-order valence-corrected chi connectivity index (χ2v) is 5.71. The number of benzene rings is 1. The molecule has 0 spiro atoms. The van der Waals surface area contributed by atoms with Gasteiger partial charge in [0.05, 0.1) is 13.2 Å². The number of carbonyl (C=O) groups excluding carboxylic acids is 2. The molecule has 0 aromatic heterocycles. The van der Waals surface area contributed by atoms with E-state index in [4.69, 9.17) is 4.74 Å². The maximum Gasteiger partial charge on any atom is 0.234 e. The molecule has 0 atom stereocenters. The monoisotopic (exact) mass is 319 g/mol. The van der Waals surface area contributed by atoms with E-state index >= 15 is 0 Å². The first-order valence-corrected chi connectivity index (χ1v) is 7.94. The summed E-state index contributed by atoms with van der Waals surface area (Å²) in [5.74, 6) is 0.127. The van der Waals surface area contributed by atoms with E-state index in [1.54, 1.807) is 14.0 Å². The van der Waals surface area contributed by atoms with Gasteiger partial charge < -0.3 is 15.0 Å². The van der Waals surface area contributed by atoms with Gasteiger partial charge in [-0.15, -0.1) is 0 Å². The Kier molecular flexibility index (Phi) is 6.55.